The molecule has 3 aromatic rings. The lowest BCUT2D eigenvalue weighted by Crippen LogP contribution is -2.43. The number of hydrogen-bond acceptors (Lipinski definition) is 3. The average molecular weight is 389 g/mol. The van der Waals surface area contributed by atoms with Crippen molar-refractivity contribution in [1.82, 2.24) is 9.88 Å². The van der Waals surface area contributed by atoms with Gasteiger partial charge in [0.15, 0.2) is 0 Å². The number of anilines is 1. The summed E-state index contributed by atoms with van der Waals surface area (Å²) in [5.41, 5.74) is 1.31. The topological polar surface area (TPSA) is 53.5 Å². The van der Waals surface area contributed by atoms with Gasteiger partial charge in [0.2, 0.25) is 0 Å². The molecule has 3 amide bonds. The maximum Gasteiger partial charge on any atom is 0.332 e. The number of urea groups is 1. The highest BCUT2D eigenvalue weighted by atomic mass is 19.1. The van der Waals surface area contributed by atoms with E-state index >= 15 is 0 Å². The molecule has 0 aliphatic carbocycles. The minimum atomic E-state index is -1.10. The summed E-state index contributed by atoms with van der Waals surface area (Å²) in [7, 11) is 0. The zero-order chi connectivity index (χ0) is 20.6. The molecular formula is C23H20FN3O2. The first-order chi connectivity index (χ1) is 13.9. The molecular weight excluding hydrogens is 369 g/mol. The van der Waals surface area contributed by atoms with Crippen LogP contribution < -0.4 is 4.90 Å². The molecule has 1 aromatic heterocycles. The van der Waals surface area contributed by atoms with Gasteiger partial charge in [-0.15, -0.1) is 0 Å². The molecule has 2 aromatic carbocycles. The van der Waals surface area contributed by atoms with Gasteiger partial charge < -0.3 is 4.90 Å². The Bertz CT molecular complexity index is 1070. The molecule has 0 unspecified atom stereocenters. The van der Waals surface area contributed by atoms with Crippen LogP contribution in [0.5, 0.6) is 0 Å². The molecule has 6 heteroatoms. The average Bonchev–Trinajstić information content (AvgIpc) is 2.90. The van der Waals surface area contributed by atoms with E-state index in [1.54, 1.807) is 50.5 Å². The Hall–Kier alpha value is -3.54. The molecule has 1 aliphatic rings. The molecule has 0 N–H and O–H groups in total. The van der Waals surface area contributed by atoms with Crippen LogP contribution in [0.4, 0.5) is 14.9 Å². The van der Waals surface area contributed by atoms with E-state index in [4.69, 9.17) is 0 Å². The van der Waals surface area contributed by atoms with Gasteiger partial charge in [-0.1, -0.05) is 36.4 Å². The van der Waals surface area contributed by atoms with E-state index in [0.717, 1.165) is 21.6 Å². The Morgan fingerprint density at radius 1 is 0.931 bits per heavy atom. The van der Waals surface area contributed by atoms with Crippen molar-refractivity contribution in [2.24, 2.45) is 0 Å². The molecule has 2 heterocycles. The van der Waals surface area contributed by atoms with Crippen LogP contribution in [-0.4, -0.2) is 27.4 Å². The van der Waals surface area contributed by atoms with E-state index in [-0.39, 0.29) is 12.2 Å². The first kappa shape index (κ1) is 18.8. The third kappa shape index (κ3) is 3.27. The van der Waals surface area contributed by atoms with Gasteiger partial charge in [-0.2, -0.15) is 0 Å². The van der Waals surface area contributed by atoms with Gasteiger partial charge in [0.25, 0.3) is 5.91 Å². The van der Waals surface area contributed by atoms with Crippen LogP contribution in [0, 0.1) is 5.82 Å². The molecule has 1 aliphatic heterocycles. The molecule has 1 saturated heterocycles. The summed E-state index contributed by atoms with van der Waals surface area (Å²) in [5, 5.41) is 0. The summed E-state index contributed by atoms with van der Waals surface area (Å²) in [6.07, 6.45) is 3.26. The molecule has 1 fully saturated rings. The summed E-state index contributed by atoms with van der Waals surface area (Å²) in [6.45, 7) is 3.58. The predicted octanol–water partition coefficient (Wildman–Crippen LogP) is 4.64. The number of pyridine rings is 1. The number of nitrogens with zero attached hydrogens (tertiary/aromatic N) is 3. The van der Waals surface area contributed by atoms with Crippen molar-refractivity contribution >= 4 is 17.6 Å². The zero-order valence-corrected chi connectivity index (χ0v) is 16.2. The number of amides is 3. The number of rotatable bonds is 4. The standard InChI is InChI=1S/C23H20FN3O2/c1-23(2)21(28)27(22(29)26(23)15-16-10-12-25-13-11-16)20-14-18(8-9-19(20)24)17-6-4-3-5-7-17/h3-14H,15H2,1-2H3. The molecule has 0 spiro atoms. The fourth-order valence-corrected chi connectivity index (χ4v) is 3.48. The second-order valence-corrected chi connectivity index (χ2v) is 7.46. The van der Waals surface area contributed by atoms with E-state index in [2.05, 4.69) is 4.98 Å². The second kappa shape index (κ2) is 7.13. The highest BCUT2D eigenvalue weighted by Gasteiger charge is 2.52. The molecule has 4 rings (SSSR count). The van der Waals surface area contributed by atoms with Crippen molar-refractivity contribution in [3.8, 4) is 11.1 Å². The van der Waals surface area contributed by atoms with E-state index in [1.165, 1.54) is 11.0 Å². The minimum Gasteiger partial charge on any atom is -0.305 e. The number of aromatic nitrogens is 1. The van der Waals surface area contributed by atoms with Crippen molar-refractivity contribution in [2.75, 3.05) is 4.90 Å². The highest BCUT2D eigenvalue weighted by Crippen LogP contribution is 2.36. The van der Waals surface area contributed by atoms with E-state index in [1.807, 2.05) is 30.3 Å². The largest absolute Gasteiger partial charge is 0.332 e. The van der Waals surface area contributed by atoms with E-state index in [0.29, 0.717) is 0 Å². The summed E-state index contributed by atoms with van der Waals surface area (Å²) in [6, 6.07) is 16.9. The lowest BCUT2D eigenvalue weighted by Gasteiger charge is -2.27. The summed E-state index contributed by atoms with van der Waals surface area (Å²) in [5.74, 6) is -1.08. The maximum atomic E-state index is 14.7. The predicted molar refractivity (Wildman–Crippen MR) is 109 cm³/mol. The number of hydrogen-bond donors (Lipinski definition) is 0. The van der Waals surface area contributed by atoms with Gasteiger partial charge in [0.1, 0.15) is 11.4 Å². The fourth-order valence-electron chi connectivity index (χ4n) is 3.48. The van der Waals surface area contributed by atoms with Crippen LogP contribution in [0.3, 0.4) is 0 Å². The van der Waals surface area contributed by atoms with Crippen LogP contribution in [0.1, 0.15) is 19.4 Å². The SMILES string of the molecule is CC1(C)C(=O)N(c2cc(-c3ccccc3)ccc2F)C(=O)N1Cc1ccncc1. The van der Waals surface area contributed by atoms with Crippen molar-refractivity contribution in [3.05, 3.63) is 84.4 Å². The summed E-state index contributed by atoms with van der Waals surface area (Å²) < 4.78 is 14.7. The van der Waals surface area contributed by atoms with Crippen LogP contribution in [0.2, 0.25) is 0 Å². The Morgan fingerprint density at radius 2 is 1.62 bits per heavy atom. The van der Waals surface area contributed by atoms with Gasteiger partial charge in [-0.25, -0.2) is 14.1 Å². The summed E-state index contributed by atoms with van der Waals surface area (Å²) >= 11 is 0. The Morgan fingerprint density at radius 3 is 2.31 bits per heavy atom. The maximum absolute atomic E-state index is 14.7. The summed E-state index contributed by atoms with van der Waals surface area (Å²) in [4.78, 5) is 32.7. The number of carbonyl (C=O) groups is 2. The van der Waals surface area contributed by atoms with Gasteiger partial charge in [0, 0.05) is 18.9 Å². The van der Waals surface area contributed by atoms with Crippen LogP contribution in [0.15, 0.2) is 73.1 Å². The van der Waals surface area contributed by atoms with E-state index in [9.17, 15) is 14.0 Å². The Kier molecular flexibility index (Phi) is 4.62. The fraction of sp³-hybridized carbons (Fsp3) is 0.174. The highest BCUT2D eigenvalue weighted by molar-refractivity contribution is 6.23. The number of carbonyl (C=O) groups excluding carboxylic acids is 2. The Balaban J connectivity index is 1.73. The lowest BCUT2D eigenvalue weighted by atomic mass is 10.0. The monoisotopic (exact) mass is 389 g/mol. The first-order valence-electron chi connectivity index (χ1n) is 9.29. The normalized spacial score (nSPS) is 15.8. The van der Waals surface area contributed by atoms with Crippen LogP contribution >= 0.6 is 0 Å². The van der Waals surface area contributed by atoms with Crippen LogP contribution in [0.25, 0.3) is 11.1 Å². The van der Waals surface area contributed by atoms with Crippen molar-refractivity contribution < 1.29 is 14.0 Å². The molecule has 0 saturated carbocycles. The second-order valence-electron chi connectivity index (χ2n) is 7.46. The minimum absolute atomic E-state index is 0.0355. The Labute approximate surface area is 168 Å². The molecule has 0 radical (unpaired) electrons. The van der Waals surface area contributed by atoms with E-state index < -0.39 is 23.3 Å². The van der Waals surface area contributed by atoms with Crippen LogP contribution in [-0.2, 0) is 11.3 Å². The van der Waals surface area contributed by atoms with Gasteiger partial charge in [-0.05, 0) is 54.8 Å². The lowest BCUT2D eigenvalue weighted by molar-refractivity contribution is -0.123. The first-order valence-corrected chi connectivity index (χ1v) is 9.29. The molecule has 5 nitrogen and oxygen atoms in total. The van der Waals surface area contributed by atoms with Gasteiger partial charge in [-0.3, -0.25) is 9.78 Å². The third-order valence-electron chi connectivity index (χ3n) is 5.21. The third-order valence-corrected chi connectivity index (χ3v) is 5.21. The number of benzene rings is 2. The number of imide groups is 1. The molecule has 0 bridgehead atoms. The molecule has 29 heavy (non-hydrogen) atoms. The molecule has 0 atom stereocenters. The number of halogens is 1. The van der Waals surface area contributed by atoms with Crippen molar-refractivity contribution in [1.29, 1.82) is 0 Å². The zero-order valence-electron chi connectivity index (χ0n) is 16.2. The van der Waals surface area contributed by atoms with Crippen molar-refractivity contribution in [2.45, 2.75) is 25.9 Å². The van der Waals surface area contributed by atoms with Gasteiger partial charge in [0.05, 0.1) is 5.69 Å². The van der Waals surface area contributed by atoms with Gasteiger partial charge >= 0.3 is 6.03 Å². The smallest absolute Gasteiger partial charge is 0.305 e. The quantitative estimate of drug-likeness (QED) is 0.611. The molecule has 146 valence electrons. The van der Waals surface area contributed by atoms with Crippen molar-refractivity contribution in [3.63, 3.8) is 0 Å².